The van der Waals surface area contributed by atoms with Gasteiger partial charge in [-0.25, -0.2) is 4.98 Å². The fourth-order valence-electron chi connectivity index (χ4n) is 3.36. The molecule has 3 heterocycles. The SMILES string of the molecule is COCC1(NCC(N)Cc2ccc(Cl)cc2)N=CSC1c1nc2ccncc2s1. The number of aromatic nitrogens is 2. The van der Waals surface area contributed by atoms with Gasteiger partial charge in [-0.05, 0) is 30.2 Å². The van der Waals surface area contributed by atoms with Crippen LogP contribution in [0.5, 0.6) is 0 Å². The highest BCUT2D eigenvalue weighted by Gasteiger charge is 2.44. The second kappa shape index (κ2) is 9.07. The van der Waals surface area contributed by atoms with Crippen LogP contribution in [0.4, 0.5) is 0 Å². The molecule has 0 radical (unpaired) electrons. The predicted octanol–water partition coefficient (Wildman–Crippen LogP) is 3.66. The third kappa shape index (κ3) is 4.63. The number of hydrogen-bond donors (Lipinski definition) is 2. The molecule has 4 rings (SSSR count). The standard InChI is InChI=1S/C20H22ClN5OS2/c1-27-11-20(24-9-15(22)8-13-2-4-14(21)5-3-13)18(28-12-25-20)19-26-16-6-7-23-10-17(16)29-19/h2-7,10,12,15,18,24H,8-9,11,22H2,1H3. The maximum atomic E-state index is 6.41. The van der Waals surface area contributed by atoms with Crippen LogP contribution in [0, 0.1) is 0 Å². The molecule has 0 saturated heterocycles. The Hall–Kier alpha value is -1.55. The highest BCUT2D eigenvalue weighted by molar-refractivity contribution is 8.12. The van der Waals surface area contributed by atoms with Crippen LogP contribution < -0.4 is 11.1 Å². The first kappa shape index (κ1) is 20.7. The fraction of sp³-hybridized carbons (Fsp3) is 0.350. The number of ether oxygens (including phenoxy) is 1. The van der Waals surface area contributed by atoms with Gasteiger partial charge in [-0.15, -0.1) is 11.3 Å². The van der Waals surface area contributed by atoms with Gasteiger partial charge in [0.25, 0.3) is 0 Å². The molecule has 3 N–H and O–H groups in total. The van der Waals surface area contributed by atoms with E-state index in [1.165, 1.54) is 0 Å². The molecule has 0 spiro atoms. The van der Waals surface area contributed by atoms with Crippen molar-refractivity contribution in [1.29, 1.82) is 0 Å². The second-order valence-corrected chi connectivity index (χ2v) is 9.43. The lowest BCUT2D eigenvalue weighted by molar-refractivity contribution is 0.112. The van der Waals surface area contributed by atoms with E-state index < -0.39 is 5.66 Å². The van der Waals surface area contributed by atoms with Crippen molar-refractivity contribution in [3.05, 3.63) is 58.3 Å². The van der Waals surface area contributed by atoms with E-state index in [0.717, 1.165) is 32.2 Å². The van der Waals surface area contributed by atoms with Crippen LogP contribution in [-0.4, -0.2) is 47.5 Å². The van der Waals surface area contributed by atoms with Crippen LogP contribution in [0.1, 0.15) is 15.8 Å². The zero-order valence-corrected chi connectivity index (χ0v) is 18.3. The first-order chi connectivity index (χ1) is 14.1. The number of benzene rings is 1. The van der Waals surface area contributed by atoms with Gasteiger partial charge in [-0.1, -0.05) is 35.5 Å². The maximum absolute atomic E-state index is 6.41. The highest BCUT2D eigenvalue weighted by atomic mass is 35.5. The Balaban J connectivity index is 1.49. The number of nitrogens with two attached hydrogens (primary N) is 1. The number of pyridine rings is 1. The Morgan fingerprint density at radius 1 is 1.31 bits per heavy atom. The van der Waals surface area contributed by atoms with Crippen molar-refractivity contribution in [3.63, 3.8) is 0 Å². The van der Waals surface area contributed by atoms with E-state index in [0.29, 0.717) is 13.2 Å². The monoisotopic (exact) mass is 447 g/mol. The summed E-state index contributed by atoms with van der Waals surface area (Å²) in [5.41, 5.74) is 9.80. The average molecular weight is 448 g/mol. The summed E-state index contributed by atoms with van der Waals surface area (Å²) in [5, 5.41) is 5.33. The molecule has 0 aliphatic carbocycles. The van der Waals surface area contributed by atoms with Gasteiger partial charge in [0.2, 0.25) is 0 Å². The van der Waals surface area contributed by atoms with E-state index >= 15 is 0 Å². The Morgan fingerprint density at radius 3 is 2.90 bits per heavy atom. The van der Waals surface area contributed by atoms with Gasteiger partial charge >= 0.3 is 0 Å². The number of nitrogens with one attached hydrogen (secondary N) is 1. The average Bonchev–Trinajstić information content (AvgIpc) is 3.32. The van der Waals surface area contributed by atoms with Gasteiger partial charge in [-0.2, -0.15) is 0 Å². The number of aliphatic imine (C=N–C) groups is 1. The van der Waals surface area contributed by atoms with E-state index in [1.54, 1.807) is 36.4 Å². The smallest absolute Gasteiger partial charge is 0.153 e. The van der Waals surface area contributed by atoms with E-state index in [4.69, 9.17) is 32.0 Å². The fourth-order valence-corrected chi connectivity index (χ4v) is 5.78. The molecule has 0 saturated carbocycles. The maximum Gasteiger partial charge on any atom is 0.153 e. The molecule has 6 nitrogen and oxygen atoms in total. The Labute approximate surface area is 182 Å². The summed E-state index contributed by atoms with van der Waals surface area (Å²) in [6, 6.07) is 9.66. The third-order valence-corrected chi connectivity index (χ3v) is 7.38. The van der Waals surface area contributed by atoms with Gasteiger partial charge in [0.1, 0.15) is 10.3 Å². The van der Waals surface area contributed by atoms with E-state index in [2.05, 4.69) is 10.3 Å². The molecule has 0 bridgehead atoms. The van der Waals surface area contributed by atoms with Crippen molar-refractivity contribution in [2.75, 3.05) is 20.3 Å². The summed E-state index contributed by atoms with van der Waals surface area (Å²) < 4.78 is 6.61. The molecule has 1 aliphatic rings. The zero-order chi connectivity index (χ0) is 20.3. The lowest BCUT2D eigenvalue weighted by Gasteiger charge is -2.33. The summed E-state index contributed by atoms with van der Waals surface area (Å²) >= 11 is 9.27. The molecule has 1 aromatic carbocycles. The third-order valence-electron chi connectivity index (χ3n) is 4.79. The zero-order valence-electron chi connectivity index (χ0n) is 15.9. The minimum absolute atomic E-state index is 0.0163. The Morgan fingerprint density at radius 2 is 2.14 bits per heavy atom. The molecule has 3 unspecified atom stereocenters. The number of thioether (sulfide) groups is 1. The number of thiazole rings is 1. The summed E-state index contributed by atoms with van der Waals surface area (Å²) in [7, 11) is 1.69. The van der Waals surface area contributed by atoms with Crippen molar-refractivity contribution in [2.24, 2.45) is 10.7 Å². The highest BCUT2D eigenvalue weighted by Crippen LogP contribution is 2.45. The molecule has 2 aromatic heterocycles. The van der Waals surface area contributed by atoms with Crippen LogP contribution in [0.3, 0.4) is 0 Å². The van der Waals surface area contributed by atoms with Crippen LogP contribution in [0.15, 0.2) is 47.7 Å². The normalized spacial score (nSPS) is 22.4. The number of fused-ring (bicyclic) bond motifs is 1. The van der Waals surface area contributed by atoms with Crippen molar-refractivity contribution < 1.29 is 4.74 Å². The minimum Gasteiger partial charge on any atom is -0.381 e. The van der Waals surface area contributed by atoms with Gasteiger partial charge < -0.3 is 10.5 Å². The van der Waals surface area contributed by atoms with Crippen molar-refractivity contribution in [3.8, 4) is 0 Å². The van der Waals surface area contributed by atoms with Crippen LogP contribution in [0.2, 0.25) is 5.02 Å². The van der Waals surface area contributed by atoms with Crippen molar-refractivity contribution in [2.45, 2.75) is 23.4 Å². The van der Waals surface area contributed by atoms with Crippen LogP contribution in [-0.2, 0) is 11.2 Å². The molecule has 0 amide bonds. The minimum atomic E-state index is -0.599. The van der Waals surface area contributed by atoms with Crippen molar-refractivity contribution in [1.82, 2.24) is 15.3 Å². The summed E-state index contributed by atoms with van der Waals surface area (Å²) in [5.74, 6) is 0. The number of methoxy groups -OCH3 is 1. The topological polar surface area (TPSA) is 85.4 Å². The molecule has 9 heteroatoms. The molecule has 152 valence electrons. The summed E-state index contributed by atoms with van der Waals surface area (Å²) in [4.78, 5) is 13.8. The van der Waals surface area contributed by atoms with Gasteiger partial charge in [0.15, 0.2) is 5.66 Å². The molecule has 0 fully saturated rings. The number of rotatable bonds is 8. The number of halogens is 1. The molecule has 3 atom stereocenters. The van der Waals surface area contributed by atoms with E-state index in [1.807, 2.05) is 42.1 Å². The van der Waals surface area contributed by atoms with E-state index in [9.17, 15) is 0 Å². The van der Waals surface area contributed by atoms with Crippen LogP contribution in [0.25, 0.3) is 10.2 Å². The molecule has 29 heavy (non-hydrogen) atoms. The first-order valence-electron chi connectivity index (χ1n) is 9.23. The molecule has 3 aromatic rings. The first-order valence-corrected chi connectivity index (χ1v) is 11.4. The number of nitrogens with zero attached hydrogens (tertiary/aromatic N) is 3. The second-order valence-electron chi connectivity index (χ2n) is 6.97. The molecule has 1 aliphatic heterocycles. The van der Waals surface area contributed by atoms with Crippen molar-refractivity contribution >= 4 is 50.5 Å². The van der Waals surface area contributed by atoms with Crippen LogP contribution >= 0.6 is 34.7 Å². The van der Waals surface area contributed by atoms with E-state index in [-0.39, 0.29) is 11.3 Å². The molecular formula is C20H22ClN5OS2. The van der Waals surface area contributed by atoms with Gasteiger partial charge in [-0.3, -0.25) is 15.3 Å². The Bertz CT molecular complexity index is 963. The predicted molar refractivity (Wildman–Crippen MR) is 122 cm³/mol. The van der Waals surface area contributed by atoms with Gasteiger partial charge in [0.05, 0.1) is 22.4 Å². The number of hydrogen-bond acceptors (Lipinski definition) is 8. The summed E-state index contributed by atoms with van der Waals surface area (Å²) in [6.45, 7) is 1.04. The molecular weight excluding hydrogens is 426 g/mol. The quantitative estimate of drug-likeness (QED) is 0.548. The summed E-state index contributed by atoms with van der Waals surface area (Å²) in [6.07, 6.45) is 4.37. The lowest BCUT2D eigenvalue weighted by atomic mass is 10.0. The largest absolute Gasteiger partial charge is 0.381 e. The van der Waals surface area contributed by atoms with Gasteiger partial charge in [0, 0.05) is 37.1 Å². The lowest BCUT2D eigenvalue weighted by Crippen LogP contribution is -2.53. The Kier molecular flexibility index (Phi) is 6.48.